The summed E-state index contributed by atoms with van der Waals surface area (Å²) in [4.78, 5) is 7.60. The number of rotatable bonds is 10. The van der Waals surface area contributed by atoms with Gasteiger partial charge in [0.25, 0.3) is 0 Å². The van der Waals surface area contributed by atoms with Gasteiger partial charge in [-0.05, 0) is 131 Å². The standard InChI is InChI=1S/C60H44N2S/c1-5-18-45(19-6-1)46-32-36-49(37-33-46)61(51-40-42-52(43-41-51)62-59-30-15-13-28-57(59)58-29-14-16-31-60(58)62)50-38-34-47(35-39-50)48-20-17-27-56(44-48)63(53-21-7-2-8-22-53,54-23-9-3-10-24-54)55-25-11-4-12-26-55/h1-44H. The summed E-state index contributed by atoms with van der Waals surface area (Å²) in [5, 5.41) is 2.52. The van der Waals surface area contributed by atoms with Gasteiger partial charge in [-0.25, -0.2) is 0 Å². The van der Waals surface area contributed by atoms with Crippen molar-refractivity contribution in [3.05, 3.63) is 267 Å². The molecule has 10 aromatic carbocycles. The smallest absolute Gasteiger partial charge is 0.0541 e. The first kappa shape index (κ1) is 38.1. The first-order valence-electron chi connectivity index (χ1n) is 21.5. The SMILES string of the molecule is c1ccc(-c2ccc(N(c3ccc(-c4cccc(S(c5ccccc5)(c5ccccc5)c5ccccc5)c4)cc3)c3ccc(-n4c5ccccc5c5ccccc54)cc3)cc2)cc1. The van der Waals surface area contributed by atoms with Gasteiger partial charge in [0.15, 0.2) is 0 Å². The van der Waals surface area contributed by atoms with E-state index < -0.39 is 10.0 Å². The highest BCUT2D eigenvalue weighted by atomic mass is 32.3. The molecule has 1 aromatic heterocycles. The topological polar surface area (TPSA) is 8.17 Å². The summed E-state index contributed by atoms with van der Waals surface area (Å²) in [7, 11) is -1.81. The van der Waals surface area contributed by atoms with E-state index in [9.17, 15) is 0 Å². The van der Waals surface area contributed by atoms with E-state index in [1.807, 2.05) is 0 Å². The van der Waals surface area contributed by atoms with Gasteiger partial charge in [0.05, 0.1) is 11.0 Å². The molecule has 11 aromatic rings. The third-order valence-electron chi connectivity index (χ3n) is 12.1. The molecule has 0 saturated heterocycles. The van der Waals surface area contributed by atoms with Crippen LogP contribution in [0.5, 0.6) is 0 Å². The molecule has 3 heteroatoms. The molecule has 2 nitrogen and oxygen atoms in total. The zero-order valence-corrected chi connectivity index (χ0v) is 35.5. The van der Waals surface area contributed by atoms with E-state index in [0.717, 1.165) is 22.7 Å². The fourth-order valence-electron chi connectivity index (χ4n) is 9.19. The monoisotopic (exact) mass is 824 g/mol. The lowest BCUT2D eigenvalue weighted by molar-refractivity contribution is 1.17. The third kappa shape index (κ3) is 6.89. The van der Waals surface area contributed by atoms with Crippen LogP contribution < -0.4 is 4.90 Å². The van der Waals surface area contributed by atoms with E-state index in [4.69, 9.17) is 0 Å². The van der Waals surface area contributed by atoms with Crippen LogP contribution >= 0.6 is 10.0 Å². The van der Waals surface area contributed by atoms with Gasteiger partial charge in [0.1, 0.15) is 0 Å². The molecule has 0 bridgehead atoms. The Balaban J connectivity index is 1.00. The van der Waals surface area contributed by atoms with Crippen molar-refractivity contribution < 1.29 is 0 Å². The molecular formula is C60H44N2S. The van der Waals surface area contributed by atoms with Gasteiger partial charge in [0, 0.05) is 53.1 Å². The van der Waals surface area contributed by atoms with Crippen molar-refractivity contribution in [3.63, 3.8) is 0 Å². The predicted octanol–water partition coefficient (Wildman–Crippen LogP) is 16.9. The van der Waals surface area contributed by atoms with Gasteiger partial charge in [-0.3, -0.25) is 0 Å². The van der Waals surface area contributed by atoms with Crippen molar-refractivity contribution >= 4 is 48.9 Å². The number of anilines is 3. The van der Waals surface area contributed by atoms with Crippen LogP contribution in [0.3, 0.4) is 0 Å². The Morgan fingerprint density at radius 3 is 1.10 bits per heavy atom. The zero-order valence-electron chi connectivity index (χ0n) is 34.7. The van der Waals surface area contributed by atoms with Gasteiger partial charge in [-0.15, -0.1) is 10.0 Å². The summed E-state index contributed by atoms with van der Waals surface area (Å²) in [6.45, 7) is 0. The Morgan fingerprint density at radius 1 is 0.270 bits per heavy atom. The maximum absolute atomic E-state index is 2.42. The fourth-order valence-corrected chi connectivity index (χ4v) is 13.1. The lowest BCUT2D eigenvalue weighted by atomic mass is 10.0. The lowest BCUT2D eigenvalue weighted by Gasteiger charge is -2.42. The van der Waals surface area contributed by atoms with Crippen molar-refractivity contribution in [2.45, 2.75) is 19.6 Å². The van der Waals surface area contributed by atoms with E-state index in [1.165, 1.54) is 63.6 Å². The maximum atomic E-state index is 2.42. The molecule has 11 rings (SSSR count). The van der Waals surface area contributed by atoms with Crippen molar-refractivity contribution in [1.29, 1.82) is 0 Å². The molecule has 1 heterocycles. The van der Waals surface area contributed by atoms with Crippen LogP contribution in [-0.4, -0.2) is 4.57 Å². The minimum Gasteiger partial charge on any atom is -0.311 e. The second kappa shape index (κ2) is 16.5. The molecule has 0 saturated carbocycles. The molecule has 0 aliphatic rings. The number of aromatic nitrogens is 1. The quantitative estimate of drug-likeness (QED) is 0.133. The molecule has 300 valence electrons. The fraction of sp³-hybridized carbons (Fsp3) is 0. The Kier molecular flexibility index (Phi) is 10.0. The highest BCUT2D eigenvalue weighted by Crippen LogP contribution is 2.73. The molecule has 0 spiro atoms. The van der Waals surface area contributed by atoms with Crippen LogP contribution in [0.15, 0.2) is 287 Å². The number of benzene rings is 10. The van der Waals surface area contributed by atoms with Gasteiger partial charge < -0.3 is 9.47 Å². The molecule has 0 atom stereocenters. The van der Waals surface area contributed by atoms with E-state index >= 15 is 0 Å². The van der Waals surface area contributed by atoms with E-state index in [2.05, 4.69) is 276 Å². The summed E-state index contributed by atoms with van der Waals surface area (Å²) < 4.78 is 2.38. The summed E-state index contributed by atoms with van der Waals surface area (Å²) in [5.41, 5.74) is 11.6. The molecule has 0 fully saturated rings. The largest absolute Gasteiger partial charge is 0.311 e. The number of hydrogen-bond donors (Lipinski definition) is 0. The van der Waals surface area contributed by atoms with Gasteiger partial charge in [-0.1, -0.05) is 158 Å². The van der Waals surface area contributed by atoms with Crippen molar-refractivity contribution in [1.82, 2.24) is 4.57 Å². The van der Waals surface area contributed by atoms with Gasteiger partial charge in [-0.2, -0.15) is 0 Å². The van der Waals surface area contributed by atoms with Crippen LogP contribution in [0.25, 0.3) is 49.7 Å². The van der Waals surface area contributed by atoms with Crippen molar-refractivity contribution in [3.8, 4) is 27.9 Å². The molecular weight excluding hydrogens is 781 g/mol. The number of hydrogen-bond acceptors (Lipinski definition) is 1. The van der Waals surface area contributed by atoms with Gasteiger partial charge >= 0.3 is 0 Å². The molecule has 63 heavy (non-hydrogen) atoms. The highest BCUT2D eigenvalue weighted by molar-refractivity contribution is 8.34. The molecule has 0 N–H and O–H groups in total. The minimum absolute atomic E-state index is 1.09. The molecule has 0 radical (unpaired) electrons. The molecule has 0 aliphatic heterocycles. The van der Waals surface area contributed by atoms with Crippen molar-refractivity contribution in [2.24, 2.45) is 0 Å². The van der Waals surface area contributed by atoms with Crippen LogP contribution in [-0.2, 0) is 0 Å². The Labute approximate surface area is 370 Å². The van der Waals surface area contributed by atoms with Crippen LogP contribution in [0.1, 0.15) is 0 Å². The second-order valence-corrected chi connectivity index (χ2v) is 18.9. The molecule has 0 amide bonds. The molecule has 0 unspecified atom stereocenters. The number of nitrogens with zero attached hydrogens (tertiary/aromatic N) is 2. The average molecular weight is 825 g/mol. The van der Waals surface area contributed by atoms with Crippen molar-refractivity contribution in [2.75, 3.05) is 4.90 Å². The normalized spacial score (nSPS) is 11.7. The van der Waals surface area contributed by atoms with Crippen LogP contribution in [0, 0.1) is 0 Å². The lowest BCUT2D eigenvalue weighted by Crippen LogP contribution is -2.10. The Morgan fingerprint density at radius 2 is 0.619 bits per heavy atom. The van der Waals surface area contributed by atoms with Gasteiger partial charge in [0.2, 0.25) is 0 Å². The first-order chi connectivity index (χ1) is 31.3. The first-order valence-corrected chi connectivity index (χ1v) is 23.1. The van der Waals surface area contributed by atoms with Crippen LogP contribution in [0.2, 0.25) is 0 Å². The number of fused-ring (bicyclic) bond motifs is 3. The average Bonchev–Trinajstić information content (AvgIpc) is 3.71. The Bertz CT molecular complexity index is 3140. The predicted molar refractivity (Wildman–Crippen MR) is 266 cm³/mol. The summed E-state index contributed by atoms with van der Waals surface area (Å²) >= 11 is 0. The van der Waals surface area contributed by atoms with Crippen LogP contribution in [0.4, 0.5) is 17.1 Å². The maximum Gasteiger partial charge on any atom is 0.0541 e. The minimum atomic E-state index is -1.81. The number of para-hydroxylation sites is 2. The van der Waals surface area contributed by atoms with E-state index in [0.29, 0.717) is 0 Å². The molecule has 0 aliphatic carbocycles. The second-order valence-electron chi connectivity index (χ2n) is 15.8. The summed E-state index contributed by atoms with van der Waals surface area (Å²) in [5.74, 6) is 0. The van der Waals surface area contributed by atoms with E-state index in [-0.39, 0.29) is 0 Å². The Hall–Kier alpha value is -7.85. The highest BCUT2D eigenvalue weighted by Gasteiger charge is 2.33. The van der Waals surface area contributed by atoms with E-state index in [1.54, 1.807) is 0 Å². The zero-order chi connectivity index (χ0) is 42.0. The summed E-state index contributed by atoms with van der Waals surface area (Å²) in [6.07, 6.45) is 0. The third-order valence-corrected chi connectivity index (χ3v) is 16.0. The summed E-state index contributed by atoms with van der Waals surface area (Å²) in [6, 6.07) is 97.3.